The van der Waals surface area contributed by atoms with Gasteiger partial charge >= 0.3 is 0 Å². The average Bonchev–Trinajstić information content (AvgIpc) is 3.60. The SMILES string of the molecule is C=CCO[C@@H]1C[C@H](NC[C@@H](O)[C@H](Cc2cc(F)cc(F)c2)NC(=O)CCCC)c2cc(-c3ccc4[nH]ccc4c3)ccc21. The number of carbonyl (C=O) groups excluding carboxylic acids is 1. The summed E-state index contributed by atoms with van der Waals surface area (Å²) in [4.78, 5) is 15.9. The summed E-state index contributed by atoms with van der Waals surface area (Å²) in [5, 5.41) is 18.8. The first-order valence-corrected chi connectivity index (χ1v) is 14.9. The minimum atomic E-state index is -1.01. The number of ether oxygens (including phenoxy) is 1. The fourth-order valence-corrected chi connectivity index (χ4v) is 5.87. The normalized spacial score (nSPS) is 17.5. The van der Waals surface area contributed by atoms with E-state index in [2.05, 4.69) is 58.6 Å². The lowest BCUT2D eigenvalue weighted by molar-refractivity contribution is -0.122. The van der Waals surface area contributed by atoms with E-state index >= 15 is 0 Å². The maximum atomic E-state index is 13.9. The van der Waals surface area contributed by atoms with Gasteiger partial charge < -0.3 is 25.5 Å². The Kier molecular flexibility index (Phi) is 10.0. The third kappa shape index (κ3) is 7.57. The largest absolute Gasteiger partial charge is 0.390 e. The Labute approximate surface area is 251 Å². The number of aromatic nitrogens is 1. The fourth-order valence-electron chi connectivity index (χ4n) is 5.87. The van der Waals surface area contributed by atoms with Crippen molar-refractivity contribution in [1.82, 2.24) is 15.6 Å². The number of carbonyl (C=O) groups is 1. The molecule has 4 N–H and O–H groups in total. The number of aromatic amines is 1. The number of hydrogen-bond acceptors (Lipinski definition) is 4. The van der Waals surface area contributed by atoms with E-state index in [0.29, 0.717) is 31.4 Å². The van der Waals surface area contributed by atoms with Crippen LogP contribution in [0.15, 0.2) is 79.5 Å². The van der Waals surface area contributed by atoms with E-state index in [1.54, 1.807) is 6.08 Å². The summed E-state index contributed by atoms with van der Waals surface area (Å²) in [5.74, 6) is -1.59. The number of benzene rings is 3. The van der Waals surface area contributed by atoms with Crippen molar-refractivity contribution in [2.24, 2.45) is 0 Å². The Bertz CT molecular complexity index is 1550. The predicted molar refractivity (Wildman–Crippen MR) is 166 cm³/mol. The summed E-state index contributed by atoms with van der Waals surface area (Å²) in [7, 11) is 0. The summed E-state index contributed by atoms with van der Waals surface area (Å²) in [6, 6.07) is 17.2. The standard InChI is InChI=1S/C35H39F2N3O3/c1-3-5-6-35(42)40-32(16-22-14-26(36)19-27(37)15-22)33(41)21-39-31-20-34(43-13-4-2)28-9-7-24(18-29(28)31)23-8-10-30-25(17-23)11-12-38-30/h4,7-12,14-15,17-19,31-34,38-39,41H,2-3,5-6,13,16,20-21H2,1H3,(H,40,42)/t31-,32-,33+,34+/m0/s1. The van der Waals surface area contributed by atoms with Gasteiger partial charge in [0.05, 0.1) is 24.9 Å². The van der Waals surface area contributed by atoms with Gasteiger partial charge in [-0.1, -0.05) is 37.6 Å². The summed E-state index contributed by atoms with van der Waals surface area (Å²) in [6.45, 7) is 6.35. The lowest BCUT2D eigenvalue weighted by Crippen LogP contribution is -2.49. The van der Waals surface area contributed by atoms with Crippen LogP contribution in [0.4, 0.5) is 8.78 Å². The summed E-state index contributed by atoms with van der Waals surface area (Å²) >= 11 is 0. The van der Waals surface area contributed by atoms with Crippen LogP contribution in [0.5, 0.6) is 0 Å². The van der Waals surface area contributed by atoms with Crippen LogP contribution >= 0.6 is 0 Å². The van der Waals surface area contributed by atoms with Gasteiger partial charge in [-0.25, -0.2) is 8.78 Å². The zero-order valence-corrected chi connectivity index (χ0v) is 24.4. The van der Waals surface area contributed by atoms with Gasteiger partial charge in [0.1, 0.15) is 11.6 Å². The zero-order chi connectivity index (χ0) is 30.3. The number of amides is 1. The molecule has 4 atom stereocenters. The fraction of sp³-hybridized carbons (Fsp3) is 0.343. The van der Waals surface area contributed by atoms with Gasteiger partial charge in [-0.2, -0.15) is 0 Å². The van der Waals surface area contributed by atoms with Crippen molar-refractivity contribution in [3.05, 3.63) is 108 Å². The average molecular weight is 588 g/mol. The first-order valence-electron chi connectivity index (χ1n) is 14.9. The van der Waals surface area contributed by atoms with E-state index in [4.69, 9.17) is 4.74 Å². The quantitative estimate of drug-likeness (QED) is 0.124. The number of aliphatic hydroxyl groups excluding tert-OH is 1. The predicted octanol–water partition coefficient (Wildman–Crippen LogP) is 6.67. The lowest BCUT2D eigenvalue weighted by atomic mass is 9.97. The summed E-state index contributed by atoms with van der Waals surface area (Å²) in [6.07, 6.45) is 5.16. The molecule has 0 fully saturated rings. The van der Waals surface area contributed by atoms with Crippen LogP contribution in [-0.4, -0.2) is 41.3 Å². The smallest absolute Gasteiger partial charge is 0.220 e. The number of halogens is 2. The third-order valence-corrected chi connectivity index (χ3v) is 8.08. The highest BCUT2D eigenvalue weighted by molar-refractivity contribution is 5.85. The molecule has 6 nitrogen and oxygen atoms in total. The second-order valence-corrected chi connectivity index (χ2v) is 11.3. The minimum absolute atomic E-state index is 0.0908. The molecule has 5 rings (SSSR count). The molecule has 226 valence electrons. The van der Waals surface area contributed by atoms with Crippen molar-refractivity contribution in [2.75, 3.05) is 13.2 Å². The molecule has 0 saturated carbocycles. The van der Waals surface area contributed by atoms with Crippen LogP contribution in [0.3, 0.4) is 0 Å². The molecule has 43 heavy (non-hydrogen) atoms. The van der Waals surface area contributed by atoms with Crippen LogP contribution in [0.1, 0.15) is 61.4 Å². The molecule has 0 unspecified atom stereocenters. The molecule has 1 aliphatic carbocycles. The topological polar surface area (TPSA) is 86.4 Å². The highest BCUT2D eigenvalue weighted by Gasteiger charge is 2.33. The molecule has 1 amide bonds. The number of H-pyrrole nitrogens is 1. The zero-order valence-electron chi connectivity index (χ0n) is 24.4. The second-order valence-electron chi connectivity index (χ2n) is 11.3. The van der Waals surface area contributed by atoms with Gasteiger partial charge in [-0.3, -0.25) is 4.79 Å². The Morgan fingerprint density at radius 1 is 1.09 bits per heavy atom. The van der Waals surface area contributed by atoms with E-state index in [1.165, 1.54) is 12.1 Å². The highest BCUT2D eigenvalue weighted by Crippen LogP contribution is 2.43. The minimum Gasteiger partial charge on any atom is -0.390 e. The number of fused-ring (bicyclic) bond motifs is 2. The van der Waals surface area contributed by atoms with Crippen LogP contribution < -0.4 is 10.6 Å². The van der Waals surface area contributed by atoms with Crippen molar-refractivity contribution in [2.45, 2.75) is 63.3 Å². The van der Waals surface area contributed by atoms with E-state index in [1.807, 2.05) is 19.2 Å². The first kappa shape index (κ1) is 30.6. The molecule has 1 aliphatic rings. The van der Waals surface area contributed by atoms with Crippen molar-refractivity contribution < 1.29 is 23.4 Å². The van der Waals surface area contributed by atoms with Gasteiger partial charge in [0.25, 0.3) is 0 Å². The van der Waals surface area contributed by atoms with Crippen molar-refractivity contribution >= 4 is 16.8 Å². The molecular formula is C35H39F2N3O3. The number of unbranched alkanes of at least 4 members (excludes halogenated alkanes) is 1. The van der Waals surface area contributed by atoms with Crippen LogP contribution in [-0.2, 0) is 16.0 Å². The van der Waals surface area contributed by atoms with Crippen LogP contribution in [0.2, 0.25) is 0 Å². The molecule has 0 radical (unpaired) electrons. The van der Waals surface area contributed by atoms with Crippen LogP contribution in [0, 0.1) is 11.6 Å². The van der Waals surface area contributed by atoms with E-state index in [-0.39, 0.29) is 31.0 Å². The van der Waals surface area contributed by atoms with Gasteiger partial charge in [0.2, 0.25) is 5.91 Å². The molecule has 1 aromatic heterocycles. The number of aliphatic hydroxyl groups is 1. The number of hydrogen-bond donors (Lipinski definition) is 4. The third-order valence-electron chi connectivity index (χ3n) is 8.08. The molecule has 0 aliphatic heterocycles. The van der Waals surface area contributed by atoms with Crippen LogP contribution in [0.25, 0.3) is 22.0 Å². The van der Waals surface area contributed by atoms with Gasteiger partial charge in [-0.15, -0.1) is 6.58 Å². The molecule has 0 saturated heterocycles. The maximum absolute atomic E-state index is 13.9. The van der Waals surface area contributed by atoms with Gasteiger partial charge in [0, 0.05) is 36.8 Å². The second kappa shape index (κ2) is 14.1. The van der Waals surface area contributed by atoms with E-state index in [9.17, 15) is 18.7 Å². The molecular weight excluding hydrogens is 548 g/mol. The molecule has 8 heteroatoms. The number of rotatable bonds is 14. The molecule has 3 aromatic carbocycles. The van der Waals surface area contributed by atoms with Crippen molar-refractivity contribution in [1.29, 1.82) is 0 Å². The van der Waals surface area contributed by atoms with E-state index in [0.717, 1.165) is 45.6 Å². The Balaban J connectivity index is 1.35. The Morgan fingerprint density at radius 3 is 2.63 bits per heavy atom. The molecule has 0 spiro atoms. The maximum Gasteiger partial charge on any atom is 0.220 e. The number of nitrogens with one attached hydrogen (secondary N) is 3. The molecule has 1 heterocycles. The Morgan fingerprint density at radius 2 is 1.86 bits per heavy atom. The van der Waals surface area contributed by atoms with Gasteiger partial charge in [0.15, 0.2) is 0 Å². The van der Waals surface area contributed by atoms with Gasteiger partial charge in [-0.05, 0) is 88.9 Å². The Hall–Kier alpha value is -3.85. The monoisotopic (exact) mass is 587 g/mol. The van der Waals surface area contributed by atoms with Crippen molar-refractivity contribution in [3.63, 3.8) is 0 Å². The lowest BCUT2D eigenvalue weighted by Gasteiger charge is -2.26. The van der Waals surface area contributed by atoms with E-state index < -0.39 is 23.8 Å². The molecule has 4 aromatic rings. The van der Waals surface area contributed by atoms with Crippen molar-refractivity contribution in [3.8, 4) is 11.1 Å². The summed E-state index contributed by atoms with van der Waals surface area (Å²) in [5.41, 5.74) is 5.79. The summed E-state index contributed by atoms with van der Waals surface area (Å²) < 4.78 is 33.9. The molecule has 0 bridgehead atoms. The highest BCUT2D eigenvalue weighted by atomic mass is 19.1. The first-order chi connectivity index (χ1) is 20.8.